The molecular formula is C19H37N5O. The molecule has 3 unspecified atom stereocenters. The van der Waals surface area contributed by atoms with E-state index in [2.05, 4.69) is 32.3 Å². The van der Waals surface area contributed by atoms with Crippen LogP contribution in [0.4, 0.5) is 0 Å². The Morgan fingerprint density at radius 1 is 1.16 bits per heavy atom. The molecule has 25 heavy (non-hydrogen) atoms. The molecule has 0 radical (unpaired) electrons. The number of nitrogens with one attached hydrogen (secondary N) is 2. The molecule has 0 aliphatic carbocycles. The summed E-state index contributed by atoms with van der Waals surface area (Å²) in [6, 6.07) is 1.43. The molecule has 0 bridgehead atoms. The van der Waals surface area contributed by atoms with Gasteiger partial charge < -0.3 is 20.3 Å². The summed E-state index contributed by atoms with van der Waals surface area (Å²) in [6.07, 6.45) is 8.19. The Morgan fingerprint density at radius 2 is 2.08 bits per heavy atom. The second-order valence-electron chi connectivity index (χ2n) is 7.86. The van der Waals surface area contributed by atoms with E-state index in [9.17, 15) is 0 Å². The minimum Gasteiger partial charge on any atom is -0.373 e. The Hall–Kier alpha value is -0.850. The van der Waals surface area contributed by atoms with Gasteiger partial charge in [-0.05, 0) is 52.1 Å². The molecule has 6 heteroatoms. The smallest absolute Gasteiger partial charge is 0.191 e. The van der Waals surface area contributed by atoms with Gasteiger partial charge in [0.1, 0.15) is 0 Å². The molecule has 0 aromatic carbocycles. The summed E-state index contributed by atoms with van der Waals surface area (Å²) in [5.74, 6) is 0.902. The van der Waals surface area contributed by atoms with Crippen molar-refractivity contribution in [1.82, 2.24) is 20.4 Å². The zero-order valence-corrected chi connectivity index (χ0v) is 16.2. The molecule has 6 nitrogen and oxygen atoms in total. The van der Waals surface area contributed by atoms with Gasteiger partial charge in [0.2, 0.25) is 0 Å². The van der Waals surface area contributed by atoms with Crippen LogP contribution in [-0.2, 0) is 4.74 Å². The first kappa shape index (κ1) is 18.9. The van der Waals surface area contributed by atoms with E-state index in [4.69, 9.17) is 4.74 Å². The van der Waals surface area contributed by atoms with E-state index in [-0.39, 0.29) is 6.10 Å². The van der Waals surface area contributed by atoms with Crippen LogP contribution in [0.2, 0.25) is 0 Å². The van der Waals surface area contributed by atoms with Crippen LogP contribution in [0, 0.1) is 0 Å². The number of ether oxygens (including phenoxy) is 1. The fourth-order valence-corrected chi connectivity index (χ4v) is 4.42. The van der Waals surface area contributed by atoms with Crippen LogP contribution in [-0.4, -0.2) is 86.9 Å². The number of fused-ring (bicyclic) bond motifs is 1. The van der Waals surface area contributed by atoms with E-state index in [1.54, 1.807) is 0 Å². The molecule has 3 aliphatic heterocycles. The third kappa shape index (κ3) is 5.56. The maximum Gasteiger partial charge on any atom is 0.191 e. The van der Waals surface area contributed by atoms with E-state index in [0.29, 0.717) is 6.04 Å². The molecule has 144 valence electrons. The van der Waals surface area contributed by atoms with Gasteiger partial charge in [-0.1, -0.05) is 6.42 Å². The fourth-order valence-electron chi connectivity index (χ4n) is 4.42. The Balaban J connectivity index is 1.29. The Morgan fingerprint density at radius 3 is 2.92 bits per heavy atom. The minimum absolute atomic E-state index is 0.280. The molecule has 0 saturated carbocycles. The van der Waals surface area contributed by atoms with Crippen molar-refractivity contribution in [3.8, 4) is 0 Å². The van der Waals surface area contributed by atoms with Crippen LogP contribution in [0.5, 0.6) is 0 Å². The molecule has 3 saturated heterocycles. The normalized spacial score (nSPS) is 31.8. The molecule has 3 fully saturated rings. The van der Waals surface area contributed by atoms with Crippen LogP contribution >= 0.6 is 0 Å². The quantitative estimate of drug-likeness (QED) is 0.429. The first-order valence-electron chi connectivity index (χ1n) is 10.3. The van der Waals surface area contributed by atoms with Gasteiger partial charge in [-0.15, -0.1) is 0 Å². The second-order valence-corrected chi connectivity index (χ2v) is 7.86. The number of hydrogen-bond acceptors (Lipinski definition) is 4. The number of hydrogen-bond donors (Lipinski definition) is 2. The maximum absolute atomic E-state index is 6.01. The number of rotatable bonds is 6. The van der Waals surface area contributed by atoms with Gasteiger partial charge in [0.05, 0.1) is 12.7 Å². The van der Waals surface area contributed by atoms with Crippen LogP contribution in [0.3, 0.4) is 0 Å². The molecule has 0 amide bonds. The Labute approximate surface area is 153 Å². The lowest BCUT2D eigenvalue weighted by atomic mass is 10.0. The molecule has 0 spiro atoms. The summed E-state index contributed by atoms with van der Waals surface area (Å²) < 4.78 is 6.01. The number of aliphatic imine (C=N–C) groups is 1. The van der Waals surface area contributed by atoms with Crippen LogP contribution < -0.4 is 10.6 Å². The molecule has 3 aliphatic rings. The van der Waals surface area contributed by atoms with Gasteiger partial charge in [-0.25, -0.2) is 0 Å². The van der Waals surface area contributed by atoms with Crippen molar-refractivity contribution in [2.75, 3.05) is 52.9 Å². The van der Waals surface area contributed by atoms with Crippen molar-refractivity contribution in [2.45, 2.75) is 63.6 Å². The van der Waals surface area contributed by atoms with E-state index >= 15 is 0 Å². The van der Waals surface area contributed by atoms with Gasteiger partial charge in [-0.3, -0.25) is 9.89 Å². The van der Waals surface area contributed by atoms with E-state index in [1.165, 1.54) is 58.2 Å². The van der Waals surface area contributed by atoms with Gasteiger partial charge >= 0.3 is 0 Å². The monoisotopic (exact) mass is 351 g/mol. The number of nitrogens with zero attached hydrogens (tertiary/aromatic N) is 3. The van der Waals surface area contributed by atoms with Crippen molar-refractivity contribution >= 4 is 5.96 Å². The zero-order chi connectivity index (χ0) is 17.5. The Kier molecular flexibility index (Phi) is 7.37. The summed E-state index contributed by atoms with van der Waals surface area (Å²) in [7, 11) is 1.85. The molecular weight excluding hydrogens is 314 g/mol. The molecule has 0 aromatic heterocycles. The third-order valence-electron chi connectivity index (χ3n) is 6.04. The van der Waals surface area contributed by atoms with Gasteiger partial charge in [0.15, 0.2) is 5.96 Å². The van der Waals surface area contributed by atoms with Crippen molar-refractivity contribution in [3.63, 3.8) is 0 Å². The average molecular weight is 352 g/mol. The minimum atomic E-state index is 0.280. The van der Waals surface area contributed by atoms with Crippen LogP contribution in [0.1, 0.15) is 45.4 Å². The standard InChI is InChI=1S/C19H37N5O/c1-16-7-3-4-10-23(16)12-6-9-21-19(20-2)22-13-18-14-24-11-5-8-17(24)15-25-18/h16-18H,3-15H2,1-2H3,(H2,20,21,22). The lowest BCUT2D eigenvalue weighted by molar-refractivity contribution is -0.0453. The van der Waals surface area contributed by atoms with E-state index in [0.717, 1.165) is 38.2 Å². The largest absolute Gasteiger partial charge is 0.373 e. The van der Waals surface area contributed by atoms with Crippen molar-refractivity contribution in [1.29, 1.82) is 0 Å². The predicted molar refractivity (Wildman–Crippen MR) is 103 cm³/mol. The lowest BCUT2D eigenvalue weighted by Crippen LogP contribution is -2.51. The third-order valence-corrected chi connectivity index (χ3v) is 6.04. The fraction of sp³-hybridized carbons (Fsp3) is 0.947. The number of morpholine rings is 1. The van der Waals surface area contributed by atoms with Crippen LogP contribution in [0.25, 0.3) is 0 Å². The predicted octanol–water partition coefficient (Wildman–Crippen LogP) is 1.28. The highest BCUT2D eigenvalue weighted by Gasteiger charge is 2.32. The molecule has 3 heterocycles. The van der Waals surface area contributed by atoms with Crippen LogP contribution in [0.15, 0.2) is 4.99 Å². The van der Waals surface area contributed by atoms with Gasteiger partial charge in [0.25, 0.3) is 0 Å². The van der Waals surface area contributed by atoms with Crippen molar-refractivity contribution < 1.29 is 4.74 Å². The lowest BCUT2D eigenvalue weighted by Gasteiger charge is -2.35. The highest BCUT2D eigenvalue weighted by Crippen LogP contribution is 2.22. The Bertz CT molecular complexity index is 430. The summed E-state index contributed by atoms with van der Waals surface area (Å²) in [6.45, 7) is 9.83. The summed E-state index contributed by atoms with van der Waals surface area (Å²) >= 11 is 0. The average Bonchev–Trinajstić information content (AvgIpc) is 3.10. The first-order chi connectivity index (χ1) is 12.3. The molecule has 2 N–H and O–H groups in total. The first-order valence-corrected chi connectivity index (χ1v) is 10.3. The highest BCUT2D eigenvalue weighted by molar-refractivity contribution is 5.79. The molecule has 3 rings (SSSR count). The van der Waals surface area contributed by atoms with E-state index < -0.39 is 0 Å². The maximum atomic E-state index is 6.01. The molecule has 3 atom stereocenters. The highest BCUT2D eigenvalue weighted by atomic mass is 16.5. The topological polar surface area (TPSA) is 52.1 Å². The second kappa shape index (κ2) is 9.74. The van der Waals surface area contributed by atoms with Crippen molar-refractivity contribution in [2.24, 2.45) is 4.99 Å². The molecule has 0 aromatic rings. The summed E-state index contributed by atoms with van der Waals surface area (Å²) in [4.78, 5) is 9.57. The zero-order valence-electron chi connectivity index (χ0n) is 16.2. The van der Waals surface area contributed by atoms with E-state index in [1.807, 2.05) is 7.05 Å². The van der Waals surface area contributed by atoms with Gasteiger partial charge in [-0.2, -0.15) is 0 Å². The number of guanidine groups is 1. The summed E-state index contributed by atoms with van der Waals surface area (Å²) in [5, 5.41) is 6.89. The van der Waals surface area contributed by atoms with Gasteiger partial charge in [0, 0.05) is 45.3 Å². The number of piperidine rings is 1. The number of likely N-dealkylation sites (tertiary alicyclic amines) is 1. The van der Waals surface area contributed by atoms with Crippen molar-refractivity contribution in [3.05, 3.63) is 0 Å². The summed E-state index contributed by atoms with van der Waals surface area (Å²) in [5.41, 5.74) is 0. The SMILES string of the molecule is CN=C(NCCCN1CCCCC1C)NCC1CN2CCCC2CO1.